The molecule has 6 heteroatoms. The van der Waals surface area contributed by atoms with Gasteiger partial charge in [-0.3, -0.25) is 0 Å². The van der Waals surface area contributed by atoms with Crippen molar-refractivity contribution in [1.82, 2.24) is 0 Å². The zero-order valence-corrected chi connectivity index (χ0v) is 8.89. The maximum atomic E-state index is 8.28. The first-order valence-electron chi connectivity index (χ1n) is 0.289. The predicted octanol–water partition coefficient (Wildman–Crippen LogP) is -0.931. The molecule has 0 spiro atoms. The van der Waals surface area contributed by atoms with E-state index in [4.69, 9.17) is 3.80 Å². The molecular formula is H3AlCoMgMnNiO. The maximum absolute atomic E-state index is 8.28. The van der Waals surface area contributed by atoms with E-state index in [0.29, 0.717) is 16.2 Å². The first kappa shape index (κ1) is 38.2. The molecule has 0 aromatic heterocycles. The van der Waals surface area contributed by atoms with Gasteiger partial charge in [-0.25, -0.2) is 0 Å². The van der Waals surface area contributed by atoms with E-state index in [2.05, 4.69) is 0 Å². The van der Waals surface area contributed by atoms with Crippen LogP contribution in [0.5, 0.6) is 0 Å². The molecule has 0 aromatic rings. The fourth-order valence-corrected chi connectivity index (χ4v) is 0. The molecule has 0 fully saturated rings. The summed E-state index contributed by atoms with van der Waals surface area (Å²) in [5, 5.41) is 0. The standard InChI is InChI=1S/Al.Co.Mg.Mn.Ni.O.3H/q;;+2;;;;;2*-1. The third kappa shape index (κ3) is 30.5. The Hall–Kier alpha value is 2.62. The van der Waals surface area contributed by atoms with Crippen LogP contribution in [0.15, 0.2) is 0 Å². The van der Waals surface area contributed by atoms with Gasteiger partial charge in [0.2, 0.25) is 0 Å². The van der Waals surface area contributed by atoms with E-state index in [1.807, 2.05) is 0 Å². The molecule has 6 heavy (non-hydrogen) atoms. The van der Waals surface area contributed by atoms with E-state index in [-0.39, 0.29) is 76.2 Å². The second kappa shape index (κ2) is 48.7. The number of hydrogen-bond acceptors (Lipinski definition) is 1. The van der Waals surface area contributed by atoms with Crippen molar-refractivity contribution in [2.24, 2.45) is 0 Å². The Morgan fingerprint density at radius 2 is 1.33 bits per heavy atom. The monoisotopic (exact) mass is 242 g/mol. The van der Waals surface area contributed by atoms with Crippen LogP contribution in [-0.4, -0.2) is 39.3 Å². The molecule has 0 aliphatic carbocycles. The van der Waals surface area contributed by atoms with E-state index in [1.165, 1.54) is 0 Å². The Labute approximate surface area is 95.1 Å². The van der Waals surface area contributed by atoms with Crippen LogP contribution < -0.4 is 0 Å². The Bertz CT molecular complexity index is 22.0. The summed E-state index contributed by atoms with van der Waals surface area (Å²) in [6.45, 7) is 0. The Morgan fingerprint density at radius 3 is 1.33 bits per heavy atom. The molecular weight excluding hydrogens is 240 g/mol. The average molecular weight is 243 g/mol. The minimum absolute atomic E-state index is 0. The number of hydrogen-bond donors (Lipinski definition) is 0. The molecule has 0 saturated heterocycles. The van der Waals surface area contributed by atoms with E-state index >= 15 is 0 Å². The first-order chi connectivity index (χ1) is 1.00. The van der Waals surface area contributed by atoms with Crippen LogP contribution in [0.2, 0.25) is 0 Å². The van der Waals surface area contributed by atoms with Gasteiger partial charge in [0.25, 0.3) is 0 Å². The van der Waals surface area contributed by atoms with Crippen LogP contribution in [0, 0.1) is 0 Å². The van der Waals surface area contributed by atoms with E-state index < -0.39 is 0 Å². The van der Waals surface area contributed by atoms with Crippen molar-refractivity contribution in [2.45, 2.75) is 0 Å². The molecule has 40 valence electrons. The summed E-state index contributed by atoms with van der Waals surface area (Å²) < 4.78 is 8.28. The molecule has 0 aliphatic heterocycles. The molecule has 1 nitrogen and oxygen atoms in total. The van der Waals surface area contributed by atoms with Crippen LogP contribution >= 0.6 is 0 Å². The number of rotatable bonds is 0. The molecule has 0 aromatic carbocycles. The second-order valence-corrected chi connectivity index (χ2v) is 0. The van der Waals surface area contributed by atoms with Gasteiger partial charge in [-0.05, 0) is 0 Å². The van der Waals surface area contributed by atoms with Crippen LogP contribution in [0.3, 0.4) is 0 Å². The van der Waals surface area contributed by atoms with E-state index in [0.717, 1.165) is 0 Å². The normalized spacial score (nSPS) is 0.500. The van der Waals surface area contributed by atoms with E-state index in [1.54, 1.807) is 0 Å². The summed E-state index contributed by atoms with van der Waals surface area (Å²) in [5.41, 5.74) is 0. The summed E-state index contributed by atoms with van der Waals surface area (Å²) in [5.74, 6) is 0. The molecule has 0 N–H and O–H groups in total. The first-order valence-corrected chi connectivity index (χ1v) is 0.866. The predicted molar refractivity (Wildman–Crippen MR) is 15.8 cm³/mol. The van der Waals surface area contributed by atoms with Crippen molar-refractivity contribution in [1.29, 1.82) is 0 Å². The Morgan fingerprint density at radius 1 is 1.33 bits per heavy atom. The molecule has 0 saturated carbocycles. The summed E-state index contributed by atoms with van der Waals surface area (Å²) in [6, 6.07) is 0. The summed E-state index contributed by atoms with van der Waals surface area (Å²) in [6.07, 6.45) is 0. The zero-order valence-electron chi connectivity index (χ0n) is 4.85. The Kier molecular flexibility index (Phi) is 310. The molecule has 0 unspecified atom stereocenters. The van der Waals surface area contributed by atoms with Crippen molar-refractivity contribution in [3.8, 4) is 0 Å². The summed E-state index contributed by atoms with van der Waals surface area (Å²) >= 11 is 0.611. The Balaban J connectivity index is -0.000000000333. The van der Waals surface area contributed by atoms with Crippen LogP contribution in [0.1, 0.15) is 2.85 Å². The fraction of sp³-hybridized carbons (Fsp3) is 0. The van der Waals surface area contributed by atoms with Crippen molar-refractivity contribution >= 4 is 39.3 Å². The molecule has 0 aliphatic rings. The SMILES string of the molecule is [Co].[H-].[H-].[Mg+2].[Mn].[Ni].[O]=[AlH]. The topological polar surface area (TPSA) is 17.1 Å². The van der Waals surface area contributed by atoms with Gasteiger partial charge in [0.15, 0.2) is 0 Å². The minimum atomic E-state index is 0. The van der Waals surface area contributed by atoms with E-state index in [9.17, 15) is 0 Å². The van der Waals surface area contributed by atoms with Crippen molar-refractivity contribution in [3.05, 3.63) is 0 Å². The van der Waals surface area contributed by atoms with Gasteiger partial charge in [-0.1, -0.05) is 0 Å². The van der Waals surface area contributed by atoms with Crippen LogP contribution in [0.25, 0.3) is 0 Å². The zero-order chi connectivity index (χ0) is 2.00. The average Bonchev–Trinajstić information content (AvgIpc) is 1.00. The quantitative estimate of drug-likeness (QED) is 0.502. The molecule has 0 atom stereocenters. The van der Waals surface area contributed by atoms with Crippen molar-refractivity contribution in [3.63, 3.8) is 0 Å². The fourth-order valence-electron chi connectivity index (χ4n) is 0. The molecule has 0 amide bonds. The van der Waals surface area contributed by atoms with Gasteiger partial charge in [0.1, 0.15) is 0 Å². The second-order valence-electron chi connectivity index (χ2n) is 0. The van der Waals surface area contributed by atoms with Gasteiger partial charge in [-0.15, -0.1) is 0 Å². The van der Waals surface area contributed by atoms with Gasteiger partial charge in [0.05, 0.1) is 0 Å². The third-order valence-electron chi connectivity index (χ3n) is 0. The van der Waals surface area contributed by atoms with Crippen LogP contribution in [0.4, 0.5) is 0 Å². The third-order valence-corrected chi connectivity index (χ3v) is 0. The molecule has 0 heterocycles. The van der Waals surface area contributed by atoms with Crippen molar-refractivity contribution in [2.75, 3.05) is 0 Å². The van der Waals surface area contributed by atoms with Gasteiger partial charge < -0.3 is 2.85 Å². The molecule has 0 rings (SSSR count). The molecule has 2 radical (unpaired) electrons. The molecule has 0 bridgehead atoms. The van der Waals surface area contributed by atoms with Gasteiger partial charge in [0, 0.05) is 50.3 Å². The van der Waals surface area contributed by atoms with Crippen LogP contribution in [-0.2, 0) is 54.1 Å². The summed E-state index contributed by atoms with van der Waals surface area (Å²) in [4.78, 5) is 0. The summed E-state index contributed by atoms with van der Waals surface area (Å²) in [7, 11) is 0. The van der Waals surface area contributed by atoms with Gasteiger partial charge >= 0.3 is 43.1 Å². The van der Waals surface area contributed by atoms with Crippen molar-refractivity contribution < 1.29 is 57.0 Å². The van der Waals surface area contributed by atoms with Gasteiger partial charge in [-0.2, -0.15) is 0 Å².